The van der Waals surface area contributed by atoms with Gasteiger partial charge in [0.25, 0.3) is 0 Å². The lowest BCUT2D eigenvalue weighted by Gasteiger charge is -2.18. The molecule has 0 aliphatic heterocycles. The maximum Gasteiger partial charge on any atom is 0.306 e. The number of ether oxygens (including phenoxy) is 3. The molecule has 0 aromatic heterocycles. The van der Waals surface area contributed by atoms with E-state index in [9.17, 15) is 14.4 Å². The Balaban J connectivity index is 4.43. The quantitative estimate of drug-likeness (QED) is 0.0261. The Morgan fingerprint density at radius 3 is 0.734 bits per heavy atom. The summed E-state index contributed by atoms with van der Waals surface area (Å²) in [6.45, 7) is 6.60. The van der Waals surface area contributed by atoms with Crippen LogP contribution in [0.25, 0.3) is 0 Å². The molecular weight excluding hydrogens is 973 g/mol. The van der Waals surface area contributed by atoms with E-state index in [1.807, 2.05) is 0 Å². The van der Waals surface area contributed by atoms with E-state index < -0.39 is 6.10 Å². The van der Waals surface area contributed by atoms with Gasteiger partial charge in [-0.1, -0.05) is 279 Å². The average Bonchev–Trinajstić information content (AvgIpc) is 3.45. The molecule has 1 atom stereocenters. The van der Waals surface area contributed by atoms with E-state index in [1.54, 1.807) is 0 Å². The Hall–Kier alpha value is -3.67. The largest absolute Gasteiger partial charge is 0.462 e. The second kappa shape index (κ2) is 66.8. The molecule has 0 N–H and O–H groups in total. The summed E-state index contributed by atoms with van der Waals surface area (Å²) in [7, 11) is 0. The first kappa shape index (κ1) is 75.3. The molecule has 79 heavy (non-hydrogen) atoms. The van der Waals surface area contributed by atoms with Gasteiger partial charge in [-0.25, -0.2) is 0 Å². The maximum atomic E-state index is 12.9. The number of allylic oxidation sites excluding steroid dienone is 16. The molecule has 1 unspecified atom stereocenters. The van der Waals surface area contributed by atoms with Crippen molar-refractivity contribution < 1.29 is 28.6 Å². The van der Waals surface area contributed by atoms with Crippen LogP contribution >= 0.6 is 0 Å². The minimum absolute atomic E-state index is 0.0892. The first-order chi connectivity index (χ1) is 39.0. The molecule has 0 saturated carbocycles. The van der Waals surface area contributed by atoms with Crippen molar-refractivity contribution in [3.8, 4) is 0 Å². The first-order valence-corrected chi connectivity index (χ1v) is 33.7. The normalized spacial score (nSPS) is 12.7. The van der Waals surface area contributed by atoms with Crippen LogP contribution in [0.5, 0.6) is 0 Å². The topological polar surface area (TPSA) is 78.9 Å². The van der Waals surface area contributed by atoms with Crippen molar-refractivity contribution in [1.82, 2.24) is 0 Å². The van der Waals surface area contributed by atoms with Crippen LogP contribution in [-0.4, -0.2) is 37.2 Å². The standard InChI is InChI=1S/C73H126O6/c1-4-7-10-13-16-19-22-25-28-31-33-35-36-38-39-42-45-48-51-54-57-60-63-66-72(75)78-69-70(68-77-71(74)65-62-59-56-53-50-47-44-41-30-27-24-21-18-15-12-9-6-3)79-73(76)67-64-61-58-55-52-49-46-43-40-37-34-32-29-26-23-20-17-14-11-8-5-2/h18,21-23,25-27,30-34,36,38,40,43,70H,4-17,19-20,24,28-29,35,37,39,41-42,44-69H2,1-3H3/b21-18-,25-22-,26-23-,30-27-,33-31-,34-32-,38-36-,43-40-. The van der Waals surface area contributed by atoms with Crippen molar-refractivity contribution >= 4 is 17.9 Å². The van der Waals surface area contributed by atoms with E-state index in [1.165, 1.54) is 173 Å². The molecule has 0 aliphatic carbocycles. The summed E-state index contributed by atoms with van der Waals surface area (Å²) in [5.74, 6) is -0.904. The highest BCUT2D eigenvalue weighted by Crippen LogP contribution is 2.16. The zero-order valence-electron chi connectivity index (χ0n) is 52.1. The summed E-state index contributed by atoms with van der Waals surface area (Å²) in [6, 6.07) is 0. The molecule has 0 aromatic rings. The molecule has 0 aromatic carbocycles. The van der Waals surface area contributed by atoms with Crippen LogP contribution in [0.3, 0.4) is 0 Å². The van der Waals surface area contributed by atoms with Gasteiger partial charge in [0.1, 0.15) is 13.2 Å². The molecule has 0 radical (unpaired) electrons. The van der Waals surface area contributed by atoms with Gasteiger partial charge >= 0.3 is 17.9 Å². The van der Waals surface area contributed by atoms with Crippen LogP contribution in [0.2, 0.25) is 0 Å². The van der Waals surface area contributed by atoms with Crippen LogP contribution in [0, 0.1) is 0 Å². The predicted octanol–water partition coefficient (Wildman–Crippen LogP) is 23.2. The molecule has 0 spiro atoms. The minimum atomic E-state index is -0.795. The number of hydrogen-bond acceptors (Lipinski definition) is 6. The van der Waals surface area contributed by atoms with Gasteiger partial charge in [0.15, 0.2) is 6.10 Å². The van der Waals surface area contributed by atoms with Gasteiger partial charge in [0, 0.05) is 19.3 Å². The Morgan fingerprint density at radius 2 is 0.456 bits per heavy atom. The third kappa shape index (κ3) is 65.0. The molecule has 454 valence electrons. The molecule has 0 amide bonds. The van der Waals surface area contributed by atoms with Gasteiger partial charge in [0.05, 0.1) is 0 Å². The zero-order valence-corrected chi connectivity index (χ0v) is 52.1. The third-order valence-electron chi connectivity index (χ3n) is 14.5. The summed E-state index contributed by atoms with van der Waals surface area (Å²) in [5.41, 5.74) is 0. The molecule has 0 heterocycles. The van der Waals surface area contributed by atoms with Crippen LogP contribution in [-0.2, 0) is 28.6 Å². The van der Waals surface area contributed by atoms with E-state index in [-0.39, 0.29) is 31.1 Å². The Morgan fingerprint density at radius 1 is 0.253 bits per heavy atom. The van der Waals surface area contributed by atoms with E-state index in [0.717, 1.165) is 116 Å². The van der Waals surface area contributed by atoms with E-state index >= 15 is 0 Å². The smallest absolute Gasteiger partial charge is 0.306 e. The highest BCUT2D eigenvalue weighted by Gasteiger charge is 2.19. The molecule has 0 fully saturated rings. The van der Waals surface area contributed by atoms with E-state index in [2.05, 4.69) is 118 Å². The SMILES string of the molecule is CCCCC/C=C\C/C=C\CCCCCCCCCC(=O)OCC(COC(=O)CCCCCCCCCC/C=C\C/C=C\C/C=C\CCCCCCC)OC(=O)CCCCCCCC/C=C\C/C=C\C/C=C\CCCCCCC. The van der Waals surface area contributed by atoms with Gasteiger partial charge in [-0.2, -0.15) is 0 Å². The summed E-state index contributed by atoms with van der Waals surface area (Å²) in [5, 5.41) is 0. The second-order valence-corrected chi connectivity index (χ2v) is 22.4. The first-order valence-electron chi connectivity index (χ1n) is 33.7. The Kier molecular flexibility index (Phi) is 63.7. The number of carbonyl (C=O) groups excluding carboxylic acids is 3. The number of hydrogen-bond donors (Lipinski definition) is 0. The van der Waals surface area contributed by atoms with Crippen LogP contribution in [0.4, 0.5) is 0 Å². The maximum absolute atomic E-state index is 12.9. The van der Waals surface area contributed by atoms with Gasteiger partial charge in [0.2, 0.25) is 0 Å². The highest BCUT2D eigenvalue weighted by atomic mass is 16.6. The van der Waals surface area contributed by atoms with Crippen molar-refractivity contribution in [3.63, 3.8) is 0 Å². The molecule has 0 rings (SSSR count). The van der Waals surface area contributed by atoms with Crippen molar-refractivity contribution in [2.75, 3.05) is 13.2 Å². The van der Waals surface area contributed by atoms with Crippen LogP contribution in [0.1, 0.15) is 329 Å². The van der Waals surface area contributed by atoms with Crippen molar-refractivity contribution in [1.29, 1.82) is 0 Å². The summed E-state index contributed by atoms with van der Waals surface area (Å²) in [4.78, 5) is 38.4. The molecule has 6 heteroatoms. The molecule has 0 aliphatic rings. The molecule has 0 saturated heterocycles. The fourth-order valence-corrected chi connectivity index (χ4v) is 9.43. The van der Waals surface area contributed by atoms with Gasteiger partial charge in [-0.15, -0.1) is 0 Å². The summed E-state index contributed by atoms with van der Waals surface area (Å²) >= 11 is 0. The Bertz CT molecular complexity index is 1540. The molecule has 0 bridgehead atoms. The van der Waals surface area contributed by atoms with Gasteiger partial charge < -0.3 is 14.2 Å². The lowest BCUT2D eigenvalue weighted by Crippen LogP contribution is -2.30. The zero-order chi connectivity index (χ0) is 57.1. The lowest BCUT2D eigenvalue weighted by atomic mass is 10.1. The predicted molar refractivity (Wildman–Crippen MR) is 344 cm³/mol. The number of carbonyl (C=O) groups is 3. The van der Waals surface area contributed by atoms with Crippen molar-refractivity contribution in [3.05, 3.63) is 97.2 Å². The highest BCUT2D eigenvalue weighted by molar-refractivity contribution is 5.71. The summed E-state index contributed by atoms with van der Waals surface area (Å²) < 4.78 is 17.0. The fraction of sp³-hybridized carbons (Fsp3) is 0.740. The van der Waals surface area contributed by atoms with Crippen molar-refractivity contribution in [2.24, 2.45) is 0 Å². The van der Waals surface area contributed by atoms with Crippen molar-refractivity contribution in [2.45, 2.75) is 335 Å². The van der Waals surface area contributed by atoms with Crippen LogP contribution < -0.4 is 0 Å². The lowest BCUT2D eigenvalue weighted by molar-refractivity contribution is -0.167. The Labute approximate surface area is 489 Å². The summed E-state index contributed by atoms with van der Waals surface area (Å²) in [6.07, 6.45) is 89.8. The van der Waals surface area contributed by atoms with E-state index in [4.69, 9.17) is 14.2 Å². The molecular formula is C73H126O6. The average molecular weight is 1100 g/mol. The number of rotatable bonds is 61. The van der Waals surface area contributed by atoms with E-state index in [0.29, 0.717) is 19.3 Å². The third-order valence-corrected chi connectivity index (χ3v) is 14.5. The molecule has 6 nitrogen and oxygen atoms in total. The van der Waals surface area contributed by atoms with Gasteiger partial charge in [-0.3, -0.25) is 14.4 Å². The monoisotopic (exact) mass is 1100 g/mol. The van der Waals surface area contributed by atoms with Crippen LogP contribution in [0.15, 0.2) is 97.2 Å². The fourth-order valence-electron chi connectivity index (χ4n) is 9.43. The minimum Gasteiger partial charge on any atom is -0.462 e. The number of unbranched alkanes of at least 4 members (excludes halogenated alkanes) is 34. The van der Waals surface area contributed by atoms with Gasteiger partial charge in [-0.05, 0) is 128 Å². The second-order valence-electron chi connectivity index (χ2n) is 22.4. The number of esters is 3.